The van der Waals surface area contributed by atoms with E-state index in [1.165, 1.54) is 0 Å². The monoisotopic (exact) mass is 157 g/mol. The van der Waals surface area contributed by atoms with Crippen LogP contribution in [-0.4, -0.2) is 16.1 Å². The van der Waals surface area contributed by atoms with Gasteiger partial charge in [0.05, 0.1) is 5.69 Å². The number of alkyl halides is 1. The summed E-state index contributed by atoms with van der Waals surface area (Å²) < 4.78 is 0. The summed E-state index contributed by atoms with van der Waals surface area (Å²) in [5.74, 6) is 1.01. The van der Waals surface area contributed by atoms with E-state index in [1.54, 1.807) is 6.07 Å². The van der Waals surface area contributed by atoms with E-state index in [9.17, 15) is 0 Å². The highest BCUT2D eigenvalue weighted by Crippen LogP contribution is 1.98. The molecule has 10 heavy (non-hydrogen) atoms. The predicted octanol–water partition coefficient (Wildman–Crippen LogP) is 0.840. The molecule has 0 aliphatic heterocycles. The van der Waals surface area contributed by atoms with Crippen LogP contribution in [0.3, 0.4) is 0 Å². The zero-order valence-electron chi connectivity index (χ0n) is 5.42. The van der Waals surface area contributed by atoms with Gasteiger partial charge in [0.1, 0.15) is 5.82 Å². The second kappa shape index (κ2) is 3.37. The molecular weight excluding hydrogens is 150 g/mol. The summed E-state index contributed by atoms with van der Waals surface area (Å²) >= 11 is 5.48. The second-order valence-electron chi connectivity index (χ2n) is 1.89. The van der Waals surface area contributed by atoms with E-state index in [4.69, 9.17) is 17.3 Å². The molecule has 4 heteroatoms. The van der Waals surface area contributed by atoms with E-state index >= 15 is 0 Å². The zero-order valence-corrected chi connectivity index (χ0v) is 6.17. The fourth-order valence-corrected chi connectivity index (χ4v) is 0.794. The van der Waals surface area contributed by atoms with Crippen LogP contribution < -0.4 is 5.73 Å². The highest BCUT2D eigenvalue weighted by atomic mass is 35.5. The molecule has 1 aromatic rings. The van der Waals surface area contributed by atoms with Crippen molar-refractivity contribution >= 4 is 17.4 Å². The number of nitrogens with zero attached hydrogens (tertiary/aromatic N) is 2. The van der Waals surface area contributed by atoms with Crippen molar-refractivity contribution in [2.45, 2.75) is 6.42 Å². The first-order valence-corrected chi connectivity index (χ1v) is 3.50. The Morgan fingerprint density at radius 3 is 2.70 bits per heavy atom. The standard InChI is InChI=1S/C6H8ClN3/c7-4-3-5-1-2-6(8)10-9-5/h1-2H,3-4H2,(H2,8,10). The molecule has 0 spiro atoms. The molecule has 0 aliphatic rings. The third kappa shape index (κ3) is 1.84. The van der Waals surface area contributed by atoms with Crippen LogP contribution in [0.5, 0.6) is 0 Å². The van der Waals surface area contributed by atoms with Crippen LogP contribution in [0.25, 0.3) is 0 Å². The molecule has 0 radical (unpaired) electrons. The molecule has 0 unspecified atom stereocenters. The zero-order chi connectivity index (χ0) is 7.40. The molecule has 1 rings (SSSR count). The van der Waals surface area contributed by atoms with Crippen molar-refractivity contribution in [3.63, 3.8) is 0 Å². The number of hydrogen-bond donors (Lipinski definition) is 1. The van der Waals surface area contributed by atoms with Crippen LogP contribution in [0.15, 0.2) is 12.1 Å². The number of hydrogen-bond acceptors (Lipinski definition) is 3. The van der Waals surface area contributed by atoms with Gasteiger partial charge in [0, 0.05) is 12.3 Å². The van der Waals surface area contributed by atoms with Gasteiger partial charge in [-0.3, -0.25) is 0 Å². The number of rotatable bonds is 2. The maximum absolute atomic E-state index is 5.48. The molecule has 0 aliphatic carbocycles. The van der Waals surface area contributed by atoms with E-state index in [0.717, 1.165) is 12.1 Å². The molecule has 0 saturated carbocycles. The Morgan fingerprint density at radius 1 is 1.40 bits per heavy atom. The maximum atomic E-state index is 5.48. The van der Waals surface area contributed by atoms with Crippen molar-refractivity contribution in [2.24, 2.45) is 0 Å². The fourth-order valence-electron chi connectivity index (χ4n) is 0.600. The fraction of sp³-hybridized carbons (Fsp3) is 0.333. The van der Waals surface area contributed by atoms with Gasteiger partial charge in [0.2, 0.25) is 0 Å². The predicted molar refractivity (Wildman–Crippen MR) is 40.9 cm³/mol. The molecule has 2 N–H and O–H groups in total. The third-order valence-electron chi connectivity index (χ3n) is 1.09. The molecule has 0 fully saturated rings. The number of halogens is 1. The number of nitrogens with two attached hydrogens (primary N) is 1. The topological polar surface area (TPSA) is 51.8 Å². The molecule has 0 saturated heterocycles. The first-order chi connectivity index (χ1) is 4.83. The van der Waals surface area contributed by atoms with Gasteiger partial charge in [0.15, 0.2) is 0 Å². The van der Waals surface area contributed by atoms with E-state index in [2.05, 4.69) is 10.2 Å². The summed E-state index contributed by atoms with van der Waals surface area (Å²) in [6.07, 6.45) is 0.745. The van der Waals surface area contributed by atoms with Crippen molar-refractivity contribution in [2.75, 3.05) is 11.6 Å². The van der Waals surface area contributed by atoms with E-state index in [1.807, 2.05) is 6.07 Å². The number of aryl methyl sites for hydroxylation is 1. The van der Waals surface area contributed by atoms with Crippen molar-refractivity contribution in [3.05, 3.63) is 17.8 Å². The van der Waals surface area contributed by atoms with Gasteiger partial charge in [-0.15, -0.1) is 16.7 Å². The summed E-state index contributed by atoms with van der Waals surface area (Å²) in [7, 11) is 0. The van der Waals surface area contributed by atoms with Gasteiger partial charge >= 0.3 is 0 Å². The lowest BCUT2D eigenvalue weighted by Crippen LogP contribution is -1.97. The Hall–Kier alpha value is -0.830. The number of anilines is 1. The Morgan fingerprint density at radius 2 is 2.20 bits per heavy atom. The number of aromatic nitrogens is 2. The average Bonchev–Trinajstić information content (AvgIpc) is 1.95. The van der Waals surface area contributed by atoms with Gasteiger partial charge < -0.3 is 5.73 Å². The number of nitrogen functional groups attached to an aromatic ring is 1. The third-order valence-corrected chi connectivity index (χ3v) is 1.28. The van der Waals surface area contributed by atoms with E-state index in [-0.39, 0.29) is 0 Å². The largest absolute Gasteiger partial charge is 0.382 e. The lowest BCUT2D eigenvalue weighted by atomic mass is 10.3. The summed E-state index contributed by atoms with van der Waals surface area (Å²) in [5.41, 5.74) is 6.20. The van der Waals surface area contributed by atoms with Crippen LogP contribution in [0.1, 0.15) is 5.69 Å². The molecule has 1 heterocycles. The van der Waals surface area contributed by atoms with Crippen LogP contribution in [0.4, 0.5) is 5.82 Å². The normalized spacial score (nSPS) is 9.70. The van der Waals surface area contributed by atoms with Crippen molar-refractivity contribution in [3.8, 4) is 0 Å². The minimum absolute atomic E-state index is 0.443. The molecule has 0 bridgehead atoms. The summed E-state index contributed by atoms with van der Waals surface area (Å²) in [5, 5.41) is 7.48. The molecule has 1 aromatic heterocycles. The Labute approximate surface area is 64.2 Å². The smallest absolute Gasteiger partial charge is 0.146 e. The lowest BCUT2D eigenvalue weighted by Gasteiger charge is -1.93. The van der Waals surface area contributed by atoms with Gasteiger partial charge in [-0.2, -0.15) is 5.10 Å². The second-order valence-corrected chi connectivity index (χ2v) is 2.27. The summed E-state index contributed by atoms with van der Waals surface area (Å²) in [6.45, 7) is 0. The first-order valence-electron chi connectivity index (χ1n) is 2.97. The van der Waals surface area contributed by atoms with E-state index < -0.39 is 0 Å². The molecule has 0 aromatic carbocycles. The molecule has 0 atom stereocenters. The summed E-state index contributed by atoms with van der Waals surface area (Å²) in [4.78, 5) is 0. The minimum Gasteiger partial charge on any atom is -0.382 e. The van der Waals surface area contributed by atoms with Gasteiger partial charge in [-0.1, -0.05) is 0 Å². The van der Waals surface area contributed by atoms with Crippen LogP contribution in [0.2, 0.25) is 0 Å². The van der Waals surface area contributed by atoms with Crippen LogP contribution in [-0.2, 0) is 6.42 Å². The first kappa shape index (κ1) is 7.28. The Bertz CT molecular complexity index is 197. The molecule has 54 valence electrons. The van der Waals surface area contributed by atoms with Crippen molar-refractivity contribution < 1.29 is 0 Å². The van der Waals surface area contributed by atoms with Gasteiger partial charge in [0.25, 0.3) is 0 Å². The lowest BCUT2D eigenvalue weighted by molar-refractivity contribution is 0.929. The van der Waals surface area contributed by atoms with Gasteiger partial charge in [-0.25, -0.2) is 0 Å². The van der Waals surface area contributed by atoms with Crippen LogP contribution >= 0.6 is 11.6 Å². The highest BCUT2D eigenvalue weighted by molar-refractivity contribution is 6.17. The minimum atomic E-state index is 0.443. The highest BCUT2D eigenvalue weighted by Gasteiger charge is 1.92. The van der Waals surface area contributed by atoms with Crippen molar-refractivity contribution in [1.82, 2.24) is 10.2 Å². The molecule has 0 amide bonds. The maximum Gasteiger partial charge on any atom is 0.146 e. The Kier molecular flexibility index (Phi) is 2.45. The molecular formula is C6H8ClN3. The average molecular weight is 158 g/mol. The summed E-state index contributed by atoms with van der Waals surface area (Å²) in [6, 6.07) is 3.54. The van der Waals surface area contributed by atoms with Crippen LogP contribution in [0, 0.1) is 0 Å². The quantitative estimate of drug-likeness (QED) is 0.648. The van der Waals surface area contributed by atoms with E-state index in [0.29, 0.717) is 11.7 Å². The molecule has 3 nitrogen and oxygen atoms in total. The Balaban J connectivity index is 2.69. The van der Waals surface area contributed by atoms with Crippen molar-refractivity contribution in [1.29, 1.82) is 0 Å². The SMILES string of the molecule is Nc1ccc(CCCl)nn1. The van der Waals surface area contributed by atoms with Gasteiger partial charge in [-0.05, 0) is 12.1 Å².